The van der Waals surface area contributed by atoms with Gasteiger partial charge < -0.3 is 4.74 Å². The zero-order valence-corrected chi connectivity index (χ0v) is 15.3. The van der Waals surface area contributed by atoms with Gasteiger partial charge in [-0.15, -0.1) is 22.7 Å². The second-order valence-electron chi connectivity index (χ2n) is 5.61. The Morgan fingerprint density at radius 1 is 1.23 bits per heavy atom. The average molecular weight is 383 g/mol. The number of aryl methyl sites for hydroxylation is 1. The summed E-state index contributed by atoms with van der Waals surface area (Å²) in [5, 5.41) is 4.41. The maximum Gasteiger partial charge on any atom is 0.358 e. The summed E-state index contributed by atoms with van der Waals surface area (Å²) in [7, 11) is 0. The Labute approximate surface area is 156 Å². The fourth-order valence-electron chi connectivity index (χ4n) is 2.43. The molecule has 4 rings (SSSR count). The molecule has 0 saturated heterocycles. The van der Waals surface area contributed by atoms with Gasteiger partial charge in [0.2, 0.25) is 0 Å². The molecule has 0 radical (unpaired) electrons. The quantitative estimate of drug-likeness (QED) is 0.504. The zero-order chi connectivity index (χ0) is 18.1. The third kappa shape index (κ3) is 3.29. The number of thiophene rings is 1. The van der Waals surface area contributed by atoms with E-state index in [2.05, 4.69) is 9.97 Å². The second-order valence-corrected chi connectivity index (χ2v) is 7.42. The molecule has 0 aliphatic rings. The Kier molecular flexibility index (Phi) is 4.36. The Morgan fingerprint density at radius 3 is 2.92 bits per heavy atom. The summed E-state index contributed by atoms with van der Waals surface area (Å²) < 4.78 is 6.74. The molecule has 130 valence electrons. The molecule has 0 unspecified atom stereocenters. The summed E-state index contributed by atoms with van der Waals surface area (Å²) in [6.07, 6.45) is 1.72. The summed E-state index contributed by atoms with van der Waals surface area (Å²) in [6.45, 7) is 1.82. The van der Waals surface area contributed by atoms with Crippen LogP contribution in [0.2, 0.25) is 0 Å². The van der Waals surface area contributed by atoms with Crippen molar-refractivity contribution in [2.24, 2.45) is 0 Å². The molecule has 4 aromatic heterocycles. The number of rotatable bonds is 4. The minimum atomic E-state index is -0.532. The highest BCUT2D eigenvalue weighted by Gasteiger charge is 2.14. The van der Waals surface area contributed by atoms with Crippen molar-refractivity contribution in [3.05, 3.63) is 74.6 Å². The summed E-state index contributed by atoms with van der Waals surface area (Å²) in [4.78, 5) is 34.1. The molecule has 0 aliphatic carbocycles. The smallest absolute Gasteiger partial charge is 0.358 e. The first-order valence-electron chi connectivity index (χ1n) is 7.75. The van der Waals surface area contributed by atoms with Crippen molar-refractivity contribution in [2.45, 2.75) is 13.5 Å². The predicted molar refractivity (Wildman–Crippen MR) is 101 cm³/mol. The van der Waals surface area contributed by atoms with Gasteiger partial charge in [0.25, 0.3) is 5.56 Å². The number of carbonyl (C=O) groups is 1. The highest BCUT2D eigenvalue weighted by atomic mass is 32.1. The second kappa shape index (κ2) is 6.81. The van der Waals surface area contributed by atoms with Crippen LogP contribution < -0.4 is 5.56 Å². The molecular weight excluding hydrogens is 370 g/mol. The lowest BCUT2D eigenvalue weighted by molar-refractivity contribution is 0.0462. The van der Waals surface area contributed by atoms with Crippen molar-refractivity contribution in [1.29, 1.82) is 0 Å². The van der Waals surface area contributed by atoms with E-state index in [4.69, 9.17) is 4.74 Å². The molecule has 0 atom stereocenters. The molecule has 0 saturated carbocycles. The Bertz CT molecular complexity index is 1150. The third-order valence-electron chi connectivity index (χ3n) is 3.66. The van der Waals surface area contributed by atoms with Crippen molar-refractivity contribution >= 4 is 34.3 Å². The van der Waals surface area contributed by atoms with Crippen LogP contribution in [0.5, 0.6) is 0 Å². The first kappa shape index (κ1) is 16.6. The van der Waals surface area contributed by atoms with E-state index in [1.165, 1.54) is 21.8 Å². The first-order chi connectivity index (χ1) is 12.6. The average Bonchev–Trinajstić information content (AvgIpc) is 3.31. The minimum absolute atomic E-state index is 0.0791. The summed E-state index contributed by atoms with van der Waals surface area (Å²) in [5.74, 6) is -0.532. The number of hydrogen-bond donors (Lipinski definition) is 0. The summed E-state index contributed by atoms with van der Waals surface area (Å²) in [6, 6.07) is 8.89. The normalized spacial score (nSPS) is 11.0. The number of esters is 1. The van der Waals surface area contributed by atoms with E-state index in [0.29, 0.717) is 11.3 Å². The SMILES string of the molecule is Cc1ccc2nc(COC(=O)c3csc(-c4cccs4)n3)cc(=O)n2c1. The molecule has 26 heavy (non-hydrogen) atoms. The van der Waals surface area contributed by atoms with E-state index < -0.39 is 5.97 Å². The van der Waals surface area contributed by atoms with Crippen LogP contribution in [0.4, 0.5) is 0 Å². The zero-order valence-electron chi connectivity index (χ0n) is 13.7. The van der Waals surface area contributed by atoms with Gasteiger partial charge in [-0.2, -0.15) is 0 Å². The van der Waals surface area contributed by atoms with E-state index in [1.807, 2.05) is 30.5 Å². The fourth-order valence-corrected chi connectivity index (χ4v) is 4.03. The van der Waals surface area contributed by atoms with Crippen LogP contribution in [-0.2, 0) is 11.3 Å². The standard InChI is InChI=1S/C18H13N3O3S2/c1-11-4-5-15-19-12(7-16(22)21(15)8-11)9-24-18(23)13-10-26-17(20-13)14-3-2-6-25-14/h2-8,10H,9H2,1H3. The molecular formula is C18H13N3O3S2. The lowest BCUT2D eigenvalue weighted by Gasteiger charge is -2.05. The van der Waals surface area contributed by atoms with Crippen LogP contribution in [0.1, 0.15) is 21.7 Å². The fraction of sp³-hybridized carbons (Fsp3) is 0.111. The maximum absolute atomic E-state index is 12.2. The van der Waals surface area contributed by atoms with Crippen LogP contribution in [0.15, 0.2) is 52.1 Å². The van der Waals surface area contributed by atoms with Crippen LogP contribution >= 0.6 is 22.7 Å². The summed E-state index contributed by atoms with van der Waals surface area (Å²) >= 11 is 2.96. The minimum Gasteiger partial charge on any atom is -0.454 e. The predicted octanol–water partition coefficient (Wildman–Crippen LogP) is 3.54. The van der Waals surface area contributed by atoms with Gasteiger partial charge in [0.05, 0.1) is 10.6 Å². The highest BCUT2D eigenvalue weighted by molar-refractivity contribution is 7.20. The third-order valence-corrected chi connectivity index (χ3v) is 5.54. The number of nitrogens with zero attached hydrogens (tertiary/aromatic N) is 3. The van der Waals surface area contributed by atoms with Gasteiger partial charge in [-0.25, -0.2) is 14.8 Å². The topological polar surface area (TPSA) is 73.6 Å². The van der Waals surface area contributed by atoms with Crippen LogP contribution in [-0.4, -0.2) is 20.3 Å². The molecule has 0 spiro atoms. The van der Waals surface area contributed by atoms with Crippen LogP contribution in [0, 0.1) is 6.92 Å². The lowest BCUT2D eigenvalue weighted by Crippen LogP contribution is -2.17. The molecule has 8 heteroatoms. The van der Waals surface area contributed by atoms with E-state index >= 15 is 0 Å². The van der Waals surface area contributed by atoms with E-state index in [0.717, 1.165) is 15.4 Å². The van der Waals surface area contributed by atoms with Crippen molar-refractivity contribution in [3.63, 3.8) is 0 Å². The molecule has 0 bridgehead atoms. The lowest BCUT2D eigenvalue weighted by atomic mass is 10.3. The van der Waals surface area contributed by atoms with Crippen molar-refractivity contribution in [3.8, 4) is 9.88 Å². The van der Waals surface area contributed by atoms with Gasteiger partial charge in [0, 0.05) is 17.6 Å². The van der Waals surface area contributed by atoms with Crippen LogP contribution in [0.3, 0.4) is 0 Å². The maximum atomic E-state index is 12.2. The number of fused-ring (bicyclic) bond motifs is 1. The number of thiazole rings is 1. The highest BCUT2D eigenvalue weighted by Crippen LogP contribution is 2.28. The number of ether oxygens (including phenoxy) is 1. The molecule has 6 nitrogen and oxygen atoms in total. The largest absolute Gasteiger partial charge is 0.454 e. The molecule has 0 N–H and O–H groups in total. The van der Waals surface area contributed by atoms with E-state index in [-0.39, 0.29) is 17.9 Å². The Balaban J connectivity index is 1.50. The number of pyridine rings is 1. The first-order valence-corrected chi connectivity index (χ1v) is 9.51. The Morgan fingerprint density at radius 2 is 2.12 bits per heavy atom. The van der Waals surface area contributed by atoms with Gasteiger partial charge in [0.1, 0.15) is 17.3 Å². The molecule has 4 heterocycles. The summed E-state index contributed by atoms with van der Waals surface area (Å²) in [5.41, 5.74) is 1.93. The number of aromatic nitrogens is 3. The molecule has 0 fully saturated rings. The van der Waals surface area contributed by atoms with Gasteiger partial charge in [0.15, 0.2) is 5.69 Å². The van der Waals surface area contributed by atoms with Gasteiger partial charge in [-0.1, -0.05) is 12.1 Å². The van der Waals surface area contributed by atoms with Crippen molar-refractivity contribution in [1.82, 2.24) is 14.4 Å². The molecule has 0 aromatic carbocycles. The van der Waals surface area contributed by atoms with Crippen molar-refractivity contribution in [2.75, 3.05) is 0 Å². The number of hydrogen-bond acceptors (Lipinski definition) is 7. The molecule has 0 aliphatic heterocycles. The molecule has 0 amide bonds. The van der Waals surface area contributed by atoms with Gasteiger partial charge >= 0.3 is 5.97 Å². The van der Waals surface area contributed by atoms with Crippen molar-refractivity contribution < 1.29 is 9.53 Å². The molecule has 4 aromatic rings. The monoisotopic (exact) mass is 383 g/mol. The van der Waals surface area contributed by atoms with Gasteiger partial charge in [-0.05, 0) is 30.0 Å². The van der Waals surface area contributed by atoms with E-state index in [1.54, 1.807) is 29.0 Å². The van der Waals surface area contributed by atoms with Crippen LogP contribution in [0.25, 0.3) is 15.5 Å². The Hall–Kier alpha value is -2.84. The van der Waals surface area contributed by atoms with E-state index in [9.17, 15) is 9.59 Å². The number of carbonyl (C=O) groups excluding carboxylic acids is 1. The van der Waals surface area contributed by atoms with Gasteiger partial charge in [-0.3, -0.25) is 9.20 Å².